The lowest BCUT2D eigenvalue weighted by Gasteiger charge is -2.35. The first-order chi connectivity index (χ1) is 13.8. The number of hydrogen-bond acceptors (Lipinski definition) is 5. The monoisotopic (exact) mass is 446 g/mol. The number of hydrogen-bond donors (Lipinski definition) is 1. The zero-order chi connectivity index (χ0) is 20.6. The van der Waals surface area contributed by atoms with Crippen molar-refractivity contribution in [3.8, 4) is 10.4 Å². The minimum atomic E-state index is -3.62. The average molecular weight is 447 g/mol. The van der Waals surface area contributed by atoms with E-state index in [1.807, 2.05) is 50.2 Å². The number of aryl methyl sites for hydroxylation is 2. The topological polar surface area (TPSA) is 59.1 Å². The van der Waals surface area contributed by atoms with Crippen molar-refractivity contribution in [2.24, 2.45) is 0 Å². The Balaban J connectivity index is 1.89. The minimum absolute atomic E-state index is 0.402. The molecule has 0 amide bonds. The lowest BCUT2D eigenvalue weighted by molar-refractivity contribution is 0.393. The van der Waals surface area contributed by atoms with Gasteiger partial charge in [0.25, 0.3) is 0 Å². The molecule has 1 aromatic heterocycles. The third kappa shape index (κ3) is 3.52. The molecule has 0 radical (unpaired) electrons. The predicted octanol–water partition coefficient (Wildman–Crippen LogP) is 5.13. The number of benzene rings is 2. The van der Waals surface area contributed by atoms with Gasteiger partial charge in [-0.3, -0.25) is 0 Å². The summed E-state index contributed by atoms with van der Waals surface area (Å²) >= 11 is 7.66. The van der Waals surface area contributed by atoms with E-state index < -0.39 is 14.6 Å². The van der Waals surface area contributed by atoms with Crippen LogP contribution in [0.3, 0.4) is 0 Å². The normalized spacial score (nSPS) is 16.7. The summed E-state index contributed by atoms with van der Waals surface area (Å²) in [5.74, 6) is 0. The highest BCUT2D eigenvalue weighted by Crippen LogP contribution is 2.47. The summed E-state index contributed by atoms with van der Waals surface area (Å²) < 4.78 is 26.9. The molecule has 0 bridgehead atoms. The Morgan fingerprint density at radius 2 is 1.79 bits per heavy atom. The zero-order valence-electron chi connectivity index (χ0n) is 16.4. The fourth-order valence-corrected chi connectivity index (χ4v) is 8.02. The zero-order valence-corrected chi connectivity index (χ0v) is 18.8. The van der Waals surface area contributed by atoms with Crippen molar-refractivity contribution < 1.29 is 8.42 Å². The summed E-state index contributed by atoms with van der Waals surface area (Å²) in [4.78, 5) is 6.18. The Kier molecular flexibility index (Phi) is 5.55. The molecule has 0 spiro atoms. The molecule has 4 nitrogen and oxygen atoms in total. The third-order valence-electron chi connectivity index (χ3n) is 5.58. The number of nitrogens with zero attached hydrogens (tertiary/aromatic N) is 1. The van der Waals surface area contributed by atoms with Gasteiger partial charge in [0.2, 0.25) is 0 Å². The molecule has 29 heavy (non-hydrogen) atoms. The quantitative estimate of drug-likeness (QED) is 0.603. The van der Waals surface area contributed by atoms with Crippen molar-refractivity contribution >= 4 is 32.8 Å². The second-order valence-electron chi connectivity index (χ2n) is 7.46. The van der Waals surface area contributed by atoms with E-state index in [1.165, 1.54) is 11.3 Å². The van der Waals surface area contributed by atoms with E-state index in [-0.39, 0.29) is 0 Å². The van der Waals surface area contributed by atoms with E-state index in [0.29, 0.717) is 40.9 Å². The second-order valence-corrected chi connectivity index (χ2v) is 11.1. The van der Waals surface area contributed by atoms with Crippen LogP contribution >= 0.6 is 22.9 Å². The number of nitrogens with one attached hydrogen (secondary N) is 1. The first-order valence-corrected chi connectivity index (χ1v) is 12.3. The molecule has 2 heterocycles. The Hall–Kier alpha value is -1.73. The van der Waals surface area contributed by atoms with Gasteiger partial charge in [-0.2, -0.15) is 0 Å². The molecular weight excluding hydrogens is 424 g/mol. The molecule has 1 saturated heterocycles. The van der Waals surface area contributed by atoms with Crippen LogP contribution in [0.5, 0.6) is 0 Å². The van der Waals surface area contributed by atoms with E-state index in [1.54, 1.807) is 12.1 Å². The molecule has 0 aliphatic carbocycles. The average Bonchev–Trinajstić information content (AvgIpc) is 3.11. The predicted molar refractivity (Wildman–Crippen MR) is 119 cm³/mol. The summed E-state index contributed by atoms with van der Waals surface area (Å²) in [5.41, 5.74) is 2.58. The maximum absolute atomic E-state index is 14.0. The Bertz CT molecular complexity index is 1150. The van der Waals surface area contributed by atoms with Gasteiger partial charge in [0, 0.05) is 5.02 Å². The first-order valence-electron chi connectivity index (χ1n) is 9.60. The Labute approximate surface area is 180 Å². The number of aromatic nitrogens is 1. The summed E-state index contributed by atoms with van der Waals surface area (Å²) in [6, 6.07) is 14.9. The van der Waals surface area contributed by atoms with Gasteiger partial charge >= 0.3 is 0 Å². The number of rotatable bonds is 4. The van der Waals surface area contributed by atoms with Crippen LogP contribution in [0.15, 0.2) is 53.4 Å². The lowest BCUT2D eigenvalue weighted by atomic mass is 9.97. The van der Waals surface area contributed by atoms with Crippen LogP contribution in [0.1, 0.15) is 29.1 Å². The molecular formula is C22H23ClN2O2S2. The van der Waals surface area contributed by atoms with Crippen LogP contribution < -0.4 is 5.32 Å². The maximum Gasteiger partial charge on any atom is 0.190 e. The molecule has 2 aromatic carbocycles. The fourth-order valence-electron chi connectivity index (χ4n) is 3.99. The van der Waals surface area contributed by atoms with E-state index in [2.05, 4.69) is 5.32 Å². The molecule has 4 rings (SSSR count). The van der Waals surface area contributed by atoms with Gasteiger partial charge in [-0.25, -0.2) is 13.4 Å². The minimum Gasteiger partial charge on any atom is -0.317 e. The van der Waals surface area contributed by atoms with Gasteiger partial charge in [-0.1, -0.05) is 41.9 Å². The summed E-state index contributed by atoms with van der Waals surface area (Å²) in [5, 5.41) is 4.63. The van der Waals surface area contributed by atoms with E-state index >= 15 is 0 Å². The third-order valence-corrected chi connectivity index (χ3v) is 10.0. The van der Waals surface area contributed by atoms with E-state index in [0.717, 1.165) is 21.7 Å². The maximum atomic E-state index is 14.0. The number of thiazole rings is 1. The number of sulfone groups is 1. The van der Waals surface area contributed by atoms with Crippen molar-refractivity contribution in [2.45, 2.75) is 36.3 Å². The van der Waals surface area contributed by atoms with Crippen molar-refractivity contribution in [3.63, 3.8) is 0 Å². The molecule has 0 unspecified atom stereocenters. The summed E-state index contributed by atoms with van der Waals surface area (Å²) in [7, 11) is -3.62. The van der Waals surface area contributed by atoms with E-state index in [9.17, 15) is 8.42 Å². The van der Waals surface area contributed by atoms with Crippen LogP contribution in [0, 0.1) is 13.8 Å². The highest BCUT2D eigenvalue weighted by atomic mass is 35.5. The van der Waals surface area contributed by atoms with Crippen molar-refractivity contribution in [1.29, 1.82) is 0 Å². The Morgan fingerprint density at radius 1 is 1.07 bits per heavy atom. The van der Waals surface area contributed by atoms with Gasteiger partial charge in [-0.15, -0.1) is 11.3 Å². The first kappa shape index (κ1) is 20.5. The van der Waals surface area contributed by atoms with Crippen LogP contribution in [-0.2, 0) is 14.6 Å². The van der Waals surface area contributed by atoms with Crippen molar-refractivity contribution in [2.75, 3.05) is 13.1 Å². The number of piperidine rings is 1. The van der Waals surface area contributed by atoms with Crippen LogP contribution in [-0.4, -0.2) is 26.5 Å². The molecule has 0 saturated carbocycles. The molecule has 7 heteroatoms. The van der Waals surface area contributed by atoms with Crippen molar-refractivity contribution in [3.05, 3.63) is 69.8 Å². The molecule has 1 aliphatic rings. The van der Waals surface area contributed by atoms with Gasteiger partial charge in [0.1, 0.15) is 9.75 Å². The molecule has 1 fully saturated rings. The molecule has 3 aromatic rings. The Morgan fingerprint density at radius 3 is 2.48 bits per heavy atom. The van der Waals surface area contributed by atoms with Crippen LogP contribution in [0.4, 0.5) is 0 Å². The van der Waals surface area contributed by atoms with Gasteiger partial charge in [0.05, 0.1) is 15.5 Å². The highest BCUT2D eigenvalue weighted by Gasteiger charge is 2.50. The molecule has 1 N–H and O–H groups in total. The molecule has 1 aliphatic heterocycles. The van der Waals surface area contributed by atoms with Gasteiger partial charge < -0.3 is 5.32 Å². The van der Waals surface area contributed by atoms with E-state index in [4.69, 9.17) is 16.6 Å². The van der Waals surface area contributed by atoms with Crippen LogP contribution in [0.2, 0.25) is 5.02 Å². The largest absolute Gasteiger partial charge is 0.317 e. The molecule has 0 atom stereocenters. The summed E-state index contributed by atoms with van der Waals surface area (Å²) in [6.07, 6.45) is 1.01. The van der Waals surface area contributed by atoms with Gasteiger partial charge in [-0.05, 0) is 69.1 Å². The standard InChI is InChI=1S/C22H23ClN2O2S2/c1-15-6-3-4-9-19(15)29(26,27)22(10-12-24-13-11-22)21-25-16(2)20(28-21)17-7-5-8-18(23)14-17/h3-9,14,24H,10-13H2,1-2H3. The highest BCUT2D eigenvalue weighted by molar-refractivity contribution is 7.92. The number of halogens is 1. The van der Waals surface area contributed by atoms with Gasteiger partial charge in [0.15, 0.2) is 9.84 Å². The molecule has 152 valence electrons. The van der Waals surface area contributed by atoms with Crippen LogP contribution in [0.25, 0.3) is 10.4 Å². The second kappa shape index (κ2) is 7.84. The summed E-state index contributed by atoms with van der Waals surface area (Å²) in [6.45, 7) is 5.09. The smallest absolute Gasteiger partial charge is 0.190 e. The fraction of sp³-hybridized carbons (Fsp3) is 0.318. The lowest BCUT2D eigenvalue weighted by Crippen LogP contribution is -2.45. The SMILES string of the molecule is Cc1ccccc1S(=O)(=O)C1(c2nc(C)c(-c3cccc(Cl)c3)s2)CCNCC1. The van der Waals surface area contributed by atoms with Crippen molar-refractivity contribution in [1.82, 2.24) is 10.3 Å².